The Labute approximate surface area is 132 Å². The molecule has 1 aliphatic rings. The Hall–Kier alpha value is -1.63. The molecule has 0 atom stereocenters. The van der Waals surface area contributed by atoms with E-state index in [1.54, 1.807) is 11.0 Å². The molecule has 1 amide bonds. The summed E-state index contributed by atoms with van der Waals surface area (Å²) < 4.78 is 5.23. The van der Waals surface area contributed by atoms with E-state index in [0.717, 1.165) is 19.6 Å². The standard InChI is InChI=1S/C15H27N5O2/c1-11(2)14(21)16-13-9-20(17-22-13)19-8-7-18(12(3)4)10-15(19,5)6/h9,11-12H,7-8,10H2,1-6H3/p+1. The molecule has 7 nitrogen and oxygen atoms in total. The third-order valence-corrected chi connectivity index (χ3v) is 4.09. The van der Waals surface area contributed by atoms with Gasteiger partial charge in [0.1, 0.15) is 5.54 Å². The zero-order valence-electron chi connectivity index (χ0n) is 14.5. The van der Waals surface area contributed by atoms with Gasteiger partial charge in [0.2, 0.25) is 11.2 Å². The molecule has 1 aromatic heterocycles. The van der Waals surface area contributed by atoms with Crippen molar-refractivity contribution in [1.82, 2.24) is 10.2 Å². The van der Waals surface area contributed by atoms with Gasteiger partial charge in [0, 0.05) is 25.0 Å². The Morgan fingerprint density at radius 2 is 2.05 bits per heavy atom. The molecular weight excluding hydrogens is 282 g/mol. The second-order valence-electron chi connectivity index (χ2n) is 7.13. The van der Waals surface area contributed by atoms with Gasteiger partial charge in [0.25, 0.3) is 6.20 Å². The molecule has 0 aliphatic carbocycles. The normalized spacial score (nSPS) is 19.0. The van der Waals surface area contributed by atoms with Gasteiger partial charge in [-0.2, -0.15) is 0 Å². The van der Waals surface area contributed by atoms with Crippen LogP contribution in [0.1, 0.15) is 41.5 Å². The Kier molecular flexibility index (Phi) is 4.75. The molecule has 7 heteroatoms. The van der Waals surface area contributed by atoms with Crippen molar-refractivity contribution in [3.05, 3.63) is 6.20 Å². The summed E-state index contributed by atoms with van der Waals surface area (Å²) in [6.07, 6.45) is 1.73. The largest absolute Gasteiger partial charge is 0.305 e. The highest BCUT2D eigenvalue weighted by molar-refractivity contribution is 5.90. The molecule has 1 fully saturated rings. The van der Waals surface area contributed by atoms with Gasteiger partial charge < -0.3 is 0 Å². The topological polar surface area (TPSA) is 65.5 Å². The average Bonchev–Trinajstić information content (AvgIpc) is 2.85. The molecular formula is C15H28N5O2+. The second kappa shape index (κ2) is 6.24. The number of rotatable bonds is 4. The van der Waals surface area contributed by atoms with Crippen LogP contribution < -0.4 is 15.1 Å². The Morgan fingerprint density at radius 1 is 1.36 bits per heavy atom. The van der Waals surface area contributed by atoms with E-state index in [9.17, 15) is 4.79 Å². The molecule has 0 bridgehead atoms. The predicted molar refractivity (Wildman–Crippen MR) is 84.0 cm³/mol. The van der Waals surface area contributed by atoms with E-state index < -0.39 is 0 Å². The molecule has 22 heavy (non-hydrogen) atoms. The van der Waals surface area contributed by atoms with Crippen LogP contribution in [0, 0.1) is 5.92 Å². The number of hydrogen-bond acceptors (Lipinski definition) is 5. The maximum atomic E-state index is 11.7. The fraction of sp³-hybridized carbons (Fsp3) is 0.800. The monoisotopic (exact) mass is 310 g/mol. The zero-order valence-corrected chi connectivity index (χ0v) is 14.5. The van der Waals surface area contributed by atoms with Crippen molar-refractivity contribution in [2.75, 3.05) is 30.0 Å². The maximum absolute atomic E-state index is 11.7. The number of nitrogens with one attached hydrogen (secondary N) is 1. The number of carbonyl (C=O) groups is 1. The van der Waals surface area contributed by atoms with Gasteiger partial charge in [-0.15, -0.1) is 5.01 Å². The van der Waals surface area contributed by atoms with Gasteiger partial charge in [-0.05, 0) is 27.7 Å². The minimum atomic E-state index is -0.0930. The molecule has 0 aromatic carbocycles. The molecule has 1 N–H and O–H groups in total. The summed E-state index contributed by atoms with van der Waals surface area (Å²) >= 11 is 0. The summed E-state index contributed by atoms with van der Waals surface area (Å²) in [5, 5.41) is 8.95. The van der Waals surface area contributed by atoms with Crippen molar-refractivity contribution in [2.45, 2.75) is 53.1 Å². The highest BCUT2D eigenvalue weighted by Gasteiger charge is 2.41. The number of hydrogen-bond donors (Lipinski definition) is 1. The van der Waals surface area contributed by atoms with Crippen molar-refractivity contribution >= 4 is 11.8 Å². The van der Waals surface area contributed by atoms with Gasteiger partial charge in [-0.25, -0.2) is 0 Å². The van der Waals surface area contributed by atoms with Gasteiger partial charge >= 0.3 is 5.88 Å². The first-order valence-corrected chi connectivity index (χ1v) is 7.92. The first-order chi connectivity index (χ1) is 10.2. The van der Waals surface area contributed by atoms with Crippen LogP contribution >= 0.6 is 0 Å². The molecule has 0 unspecified atom stereocenters. The van der Waals surface area contributed by atoms with Crippen LogP contribution in [0.4, 0.5) is 5.88 Å². The SMILES string of the molecule is CC(C)C(=O)Nc1c[n+](N2CCN(C(C)C)CC2(C)C)no1. The first-order valence-electron chi connectivity index (χ1n) is 7.92. The lowest BCUT2D eigenvalue weighted by molar-refractivity contribution is -0.766. The Balaban J connectivity index is 2.09. The molecule has 0 spiro atoms. The molecule has 0 saturated carbocycles. The summed E-state index contributed by atoms with van der Waals surface area (Å²) in [6.45, 7) is 15.3. The summed E-state index contributed by atoms with van der Waals surface area (Å²) in [5.41, 5.74) is -0.0661. The molecule has 124 valence electrons. The summed E-state index contributed by atoms with van der Waals surface area (Å²) in [5.74, 6) is 0.206. The van der Waals surface area contributed by atoms with E-state index in [0.29, 0.717) is 11.9 Å². The molecule has 0 radical (unpaired) electrons. The van der Waals surface area contributed by atoms with Crippen LogP contribution in [0.15, 0.2) is 10.7 Å². The fourth-order valence-corrected chi connectivity index (χ4v) is 2.68. The van der Waals surface area contributed by atoms with E-state index in [4.69, 9.17) is 4.52 Å². The minimum absolute atomic E-state index is 0.0661. The molecule has 2 rings (SSSR count). The van der Waals surface area contributed by atoms with Crippen LogP contribution in [-0.2, 0) is 4.79 Å². The number of piperazine rings is 1. The molecule has 2 heterocycles. The Bertz CT molecular complexity index is 524. The van der Waals surface area contributed by atoms with Crippen LogP contribution in [0.2, 0.25) is 0 Å². The fourth-order valence-electron chi connectivity index (χ4n) is 2.68. The van der Waals surface area contributed by atoms with Gasteiger partial charge in [-0.1, -0.05) is 13.8 Å². The van der Waals surface area contributed by atoms with E-state index in [-0.39, 0.29) is 17.4 Å². The third-order valence-electron chi connectivity index (χ3n) is 4.09. The van der Waals surface area contributed by atoms with Crippen LogP contribution in [0.5, 0.6) is 0 Å². The van der Waals surface area contributed by atoms with Gasteiger partial charge in [0.05, 0.1) is 11.3 Å². The smallest absolute Gasteiger partial charge is 0.296 e. The maximum Gasteiger partial charge on any atom is 0.305 e. The average molecular weight is 310 g/mol. The number of carbonyl (C=O) groups excluding carboxylic acids is 1. The molecule has 1 aromatic rings. The summed E-state index contributed by atoms with van der Waals surface area (Å²) in [4.78, 5) is 15.9. The van der Waals surface area contributed by atoms with Gasteiger partial charge in [-0.3, -0.25) is 19.5 Å². The van der Waals surface area contributed by atoms with E-state index in [1.165, 1.54) is 0 Å². The van der Waals surface area contributed by atoms with Crippen molar-refractivity contribution in [3.8, 4) is 0 Å². The lowest BCUT2D eigenvalue weighted by Crippen LogP contribution is -2.74. The summed E-state index contributed by atoms with van der Waals surface area (Å²) in [7, 11) is 0. The quantitative estimate of drug-likeness (QED) is 0.841. The third kappa shape index (κ3) is 3.58. The highest BCUT2D eigenvalue weighted by Crippen LogP contribution is 2.19. The number of aromatic nitrogens is 2. The van der Waals surface area contributed by atoms with Crippen LogP contribution in [0.3, 0.4) is 0 Å². The van der Waals surface area contributed by atoms with E-state index >= 15 is 0 Å². The van der Waals surface area contributed by atoms with Crippen molar-refractivity contribution < 1.29 is 14.1 Å². The minimum Gasteiger partial charge on any atom is -0.296 e. The van der Waals surface area contributed by atoms with E-state index in [2.05, 4.69) is 48.2 Å². The number of nitrogens with zero attached hydrogens (tertiary/aromatic N) is 4. The first kappa shape index (κ1) is 16.7. The number of amides is 1. The lowest BCUT2D eigenvalue weighted by atomic mass is 10.00. The predicted octanol–water partition coefficient (Wildman–Crippen LogP) is 0.997. The van der Waals surface area contributed by atoms with Crippen molar-refractivity contribution in [3.63, 3.8) is 0 Å². The van der Waals surface area contributed by atoms with Crippen molar-refractivity contribution in [1.29, 1.82) is 0 Å². The summed E-state index contributed by atoms with van der Waals surface area (Å²) in [6, 6.07) is 0.532. The van der Waals surface area contributed by atoms with Crippen molar-refractivity contribution in [2.24, 2.45) is 5.92 Å². The van der Waals surface area contributed by atoms with Crippen LogP contribution in [0.25, 0.3) is 0 Å². The second-order valence-corrected chi connectivity index (χ2v) is 7.13. The van der Waals surface area contributed by atoms with Gasteiger partial charge in [0.15, 0.2) is 0 Å². The Morgan fingerprint density at radius 3 is 2.59 bits per heavy atom. The lowest BCUT2D eigenvalue weighted by Gasteiger charge is -2.43. The number of anilines is 1. The van der Waals surface area contributed by atoms with Crippen LogP contribution in [-0.4, -0.2) is 47.3 Å². The van der Waals surface area contributed by atoms with E-state index in [1.807, 2.05) is 13.8 Å². The highest BCUT2D eigenvalue weighted by atomic mass is 16.5. The molecule has 1 saturated heterocycles. The molecule has 1 aliphatic heterocycles. The zero-order chi connectivity index (χ0) is 16.5.